The Morgan fingerprint density at radius 3 is 2.81 bits per heavy atom. The van der Waals surface area contributed by atoms with E-state index in [1.165, 1.54) is 32.1 Å². The monoisotopic (exact) mass is 215 g/mol. The van der Waals surface area contributed by atoms with Crippen LogP contribution in [-0.4, -0.2) is 12.1 Å². The van der Waals surface area contributed by atoms with Crippen LogP contribution >= 0.6 is 0 Å². The van der Waals surface area contributed by atoms with Crippen molar-refractivity contribution in [2.45, 2.75) is 57.0 Å². The van der Waals surface area contributed by atoms with Crippen LogP contribution in [0, 0.1) is 0 Å². The Morgan fingerprint density at radius 1 is 1.19 bits per heavy atom. The maximum atomic E-state index is 3.76. The van der Waals surface area contributed by atoms with E-state index in [2.05, 4.69) is 36.5 Å². The highest BCUT2D eigenvalue weighted by Gasteiger charge is 2.29. The van der Waals surface area contributed by atoms with Crippen molar-refractivity contribution in [1.82, 2.24) is 5.32 Å². The third-order valence-electron chi connectivity index (χ3n) is 4.10. The van der Waals surface area contributed by atoms with Crippen molar-refractivity contribution in [3.05, 3.63) is 35.4 Å². The first-order valence-corrected chi connectivity index (χ1v) is 6.68. The molecule has 2 unspecified atom stereocenters. The van der Waals surface area contributed by atoms with E-state index in [0.29, 0.717) is 6.04 Å². The van der Waals surface area contributed by atoms with Gasteiger partial charge in [0.05, 0.1) is 0 Å². The lowest BCUT2D eigenvalue weighted by Crippen LogP contribution is -2.35. The van der Waals surface area contributed by atoms with E-state index in [4.69, 9.17) is 0 Å². The summed E-state index contributed by atoms with van der Waals surface area (Å²) in [6.07, 6.45) is 6.77. The standard InChI is InChI=1S/C15H21N/c1-11(16-13-9-10-13)14-8-4-6-12-5-2-3-7-15(12)14/h2-3,5,7,11,13-14,16H,4,6,8-10H2,1H3. The molecule has 1 aromatic rings. The molecule has 2 aliphatic carbocycles. The highest BCUT2D eigenvalue weighted by molar-refractivity contribution is 5.33. The molecule has 16 heavy (non-hydrogen) atoms. The van der Waals surface area contributed by atoms with E-state index >= 15 is 0 Å². The quantitative estimate of drug-likeness (QED) is 0.816. The fraction of sp³-hybridized carbons (Fsp3) is 0.600. The number of nitrogens with one attached hydrogen (secondary N) is 1. The number of fused-ring (bicyclic) bond motifs is 1. The predicted octanol–water partition coefficient (Wildman–Crippen LogP) is 3.25. The molecule has 0 bridgehead atoms. The predicted molar refractivity (Wildman–Crippen MR) is 67.7 cm³/mol. The SMILES string of the molecule is CC(NC1CC1)C1CCCc2ccccc21. The van der Waals surface area contributed by atoms with E-state index in [-0.39, 0.29) is 0 Å². The zero-order valence-corrected chi connectivity index (χ0v) is 10.1. The van der Waals surface area contributed by atoms with E-state index in [1.807, 2.05) is 0 Å². The van der Waals surface area contributed by atoms with Gasteiger partial charge in [0.2, 0.25) is 0 Å². The topological polar surface area (TPSA) is 12.0 Å². The number of hydrogen-bond donors (Lipinski definition) is 1. The summed E-state index contributed by atoms with van der Waals surface area (Å²) < 4.78 is 0. The molecule has 1 fully saturated rings. The van der Waals surface area contributed by atoms with E-state index in [9.17, 15) is 0 Å². The van der Waals surface area contributed by atoms with Crippen molar-refractivity contribution in [3.63, 3.8) is 0 Å². The van der Waals surface area contributed by atoms with Gasteiger partial charge in [-0.05, 0) is 56.1 Å². The van der Waals surface area contributed by atoms with Crippen molar-refractivity contribution >= 4 is 0 Å². The lowest BCUT2D eigenvalue weighted by Gasteiger charge is -2.31. The van der Waals surface area contributed by atoms with Crippen LogP contribution in [0.5, 0.6) is 0 Å². The van der Waals surface area contributed by atoms with Crippen LogP contribution in [0.2, 0.25) is 0 Å². The Kier molecular flexibility index (Phi) is 2.72. The van der Waals surface area contributed by atoms with Crippen LogP contribution in [-0.2, 0) is 6.42 Å². The Labute approximate surface area is 98.3 Å². The van der Waals surface area contributed by atoms with Crippen molar-refractivity contribution in [2.24, 2.45) is 0 Å². The van der Waals surface area contributed by atoms with E-state index in [0.717, 1.165) is 12.0 Å². The van der Waals surface area contributed by atoms with Crippen molar-refractivity contribution in [2.75, 3.05) is 0 Å². The summed E-state index contributed by atoms with van der Waals surface area (Å²) >= 11 is 0. The molecule has 0 heterocycles. The van der Waals surface area contributed by atoms with Crippen LogP contribution in [0.3, 0.4) is 0 Å². The molecule has 0 radical (unpaired) electrons. The molecule has 1 saturated carbocycles. The zero-order valence-electron chi connectivity index (χ0n) is 10.1. The lowest BCUT2D eigenvalue weighted by atomic mass is 9.79. The van der Waals surface area contributed by atoms with E-state index in [1.54, 1.807) is 11.1 Å². The fourth-order valence-electron chi connectivity index (χ4n) is 3.05. The van der Waals surface area contributed by atoms with Crippen LogP contribution in [0.25, 0.3) is 0 Å². The number of benzene rings is 1. The highest BCUT2D eigenvalue weighted by Crippen LogP contribution is 2.35. The number of aryl methyl sites for hydroxylation is 1. The first kappa shape index (κ1) is 10.3. The minimum Gasteiger partial charge on any atom is -0.311 e. The molecule has 2 aliphatic rings. The van der Waals surface area contributed by atoms with Gasteiger partial charge in [0.1, 0.15) is 0 Å². The van der Waals surface area contributed by atoms with Gasteiger partial charge in [0, 0.05) is 12.1 Å². The summed E-state index contributed by atoms with van der Waals surface area (Å²) in [5.41, 5.74) is 3.19. The Hall–Kier alpha value is -0.820. The minimum atomic E-state index is 0.647. The molecular weight excluding hydrogens is 194 g/mol. The number of rotatable bonds is 3. The molecule has 0 saturated heterocycles. The minimum absolute atomic E-state index is 0.647. The first-order chi connectivity index (χ1) is 7.84. The average molecular weight is 215 g/mol. The average Bonchev–Trinajstić information content (AvgIpc) is 3.12. The summed E-state index contributed by atoms with van der Waals surface area (Å²) in [6, 6.07) is 10.5. The maximum absolute atomic E-state index is 3.76. The van der Waals surface area contributed by atoms with Crippen molar-refractivity contribution in [1.29, 1.82) is 0 Å². The number of hydrogen-bond acceptors (Lipinski definition) is 1. The Balaban J connectivity index is 1.80. The largest absolute Gasteiger partial charge is 0.311 e. The molecular formula is C15H21N. The van der Waals surface area contributed by atoms with Gasteiger partial charge >= 0.3 is 0 Å². The molecule has 0 spiro atoms. The Morgan fingerprint density at radius 2 is 2.00 bits per heavy atom. The third kappa shape index (κ3) is 2.01. The summed E-state index contributed by atoms with van der Waals surface area (Å²) in [5.74, 6) is 0.741. The van der Waals surface area contributed by atoms with Gasteiger partial charge in [0.25, 0.3) is 0 Å². The second-order valence-electron chi connectivity index (χ2n) is 5.43. The van der Waals surface area contributed by atoms with Crippen LogP contribution in [0.15, 0.2) is 24.3 Å². The molecule has 0 aromatic heterocycles. The normalized spacial score (nSPS) is 26.2. The van der Waals surface area contributed by atoms with Gasteiger partial charge in [-0.3, -0.25) is 0 Å². The third-order valence-corrected chi connectivity index (χ3v) is 4.10. The van der Waals surface area contributed by atoms with Gasteiger partial charge in [-0.1, -0.05) is 24.3 Å². The summed E-state index contributed by atoms with van der Waals surface area (Å²) in [5, 5.41) is 3.76. The van der Waals surface area contributed by atoms with E-state index < -0.39 is 0 Å². The van der Waals surface area contributed by atoms with Crippen LogP contribution in [0.1, 0.15) is 49.7 Å². The molecule has 1 heteroatoms. The van der Waals surface area contributed by atoms with Gasteiger partial charge in [-0.15, -0.1) is 0 Å². The smallest absolute Gasteiger partial charge is 0.0110 e. The maximum Gasteiger partial charge on any atom is 0.0110 e. The summed E-state index contributed by atoms with van der Waals surface area (Å²) in [6.45, 7) is 2.37. The molecule has 0 aliphatic heterocycles. The first-order valence-electron chi connectivity index (χ1n) is 6.68. The summed E-state index contributed by atoms with van der Waals surface area (Å²) in [4.78, 5) is 0. The van der Waals surface area contributed by atoms with Crippen molar-refractivity contribution in [3.8, 4) is 0 Å². The highest BCUT2D eigenvalue weighted by atomic mass is 15.0. The van der Waals surface area contributed by atoms with Gasteiger partial charge in [0.15, 0.2) is 0 Å². The lowest BCUT2D eigenvalue weighted by molar-refractivity contribution is 0.412. The molecule has 3 rings (SSSR count). The summed E-state index contributed by atoms with van der Waals surface area (Å²) in [7, 11) is 0. The van der Waals surface area contributed by atoms with Gasteiger partial charge in [-0.25, -0.2) is 0 Å². The van der Waals surface area contributed by atoms with Crippen LogP contribution in [0.4, 0.5) is 0 Å². The Bertz CT molecular complexity index is 367. The molecule has 86 valence electrons. The second-order valence-corrected chi connectivity index (χ2v) is 5.43. The molecule has 0 amide bonds. The van der Waals surface area contributed by atoms with Gasteiger partial charge < -0.3 is 5.32 Å². The zero-order chi connectivity index (χ0) is 11.0. The fourth-order valence-corrected chi connectivity index (χ4v) is 3.05. The van der Waals surface area contributed by atoms with Crippen LogP contribution < -0.4 is 5.32 Å². The molecule has 2 atom stereocenters. The molecule has 1 aromatic carbocycles. The second kappa shape index (κ2) is 4.21. The molecule has 1 N–H and O–H groups in total. The van der Waals surface area contributed by atoms with Gasteiger partial charge in [-0.2, -0.15) is 0 Å². The molecule has 1 nitrogen and oxygen atoms in total. The van der Waals surface area contributed by atoms with Crippen molar-refractivity contribution < 1.29 is 0 Å².